The molecule has 1 unspecified atom stereocenters. The Hall–Kier alpha value is -1.75. The van der Waals surface area contributed by atoms with Gasteiger partial charge in [0, 0.05) is 0 Å². The van der Waals surface area contributed by atoms with Gasteiger partial charge in [-0.2, -0.15) is 0 Å². The number of aliphatic carboxylic acids is 1. The van der Waals surface area contributed by atoms with E-state index in [4.69, 9.17) is 20.3 Å². The maximum atomic E-state index is 11.1. The topological polar surface area (TPSA) is 81.8 Å². The Kier molecular flexibility index (Phi) is 3.49. The van der Waals surface area contributed by atoms with Crippen LogP contribution in [0.3, 0.4) is 0 Å². The molecule has 1 aromatic carbocycles. The van der Waals surface area contributed by atoms with Gasteiger partial charge in [-0.1, -0.05) is 6.07 Å². The third-order valence-electron chi connectivity index (χ3n) is 2.72. The average molecular weight is 237 g/mol. The van der Waals surface area contributed by atoms with Crippen LogP contribution in [0, 0.1) is 0 Å². The van der Waals surface area contributed by atoms with Gasteiger partial charge in [0.15, 0.2) is 11.5 Å². The minimum Gasteiger partial charge on any atom is -0.486 e. The highest BCUT2D eigenvalue weighted by Gasteiger charge is 2.21. The van der Waals surface area contributed by atoms with Crippen molar-refractivity contribution in [3.8, 4) is 11.5 Å². The van der Waals surface area contributed by atoms with Gasteiger partial charge in [-0.05, 0) is 30.7 Å². The summed E-state index contributed by atoms with van der Waals surface area (Å²) in [5, 5.41) is 9.13. The lowest BCUT2D eigenvalue weighted by atomic mass is 9.95. The molecule has 0 saturated heterocycles. The molecule has 5 nitrogen and oxygen atoms in total. The maximum Gasteiger partial charge on any atom is 0.311 e. The highest BCUT2D eigenvalue weighted by atomic mass is 16.6. The van der Waals surface area contributed by atoms with Gasteiger partial charge < -0.3 is 20.3 Å². The number of carboxylic acids is 1. The molecule has 0 aromatic heterocycles. The van der Waals surface area contributed by atoms with Crippen LogP contribution in [0.25, 0.3) is 0 Å². The number of carboxylic acid groups (broad SMARTS) is 1. The molecular formula is C12H15NO4. The van der Waals surface area contributed by atoms with Gasteiger partial charge in [0.2, 0.25) is 0 Å². The third kappa shape index (κ3) is 2.50. The van der Waals surface area contributed by atoms with Crippen molar-refractivity contribution in [2.45, 2.75) is 12.3 Å². The van der Waals surface area contributed by atoms with E-state index in [1.54, 1.807) is 18.2 Å². The average Bonchev–Trinajstić information content (AvgIpc) is 2.35. The van der Waals surface area contributed by atoms with Crippen LogP contribution in [0.2, 0.25) is 0 Å². The minimum absolute atomic E-state index is 0.339. The van der Waals surface area contributed by atoms with Gasteiger partial charge in [0.05, 0.1) is 5.92 Å². The van der Waals surface area contributed by atoms with Crippen LogP contribution in [-0.4, -0.2) is 30.8 Å². The van der Waals surface area contributed by atoms with E-state index >= 15 is 0 Å². The van der Waals surface area contributed by atoms with Gasteiger partial charge in [-0.15, -0.1) is 0 Å². The van der Waals surface area contributed by atoms with Crippen LogP contribution in [0.1, 0.15) is 17.9 Å². The summed E-state index contributed by atoms with van der Waals surface area (Å²) in [4.78, 5) is 11.1. The van der Waals surface area contributed by atoms with E-state index in [2.05, 4.69) is 0 Å². The third-order valence-corrected chi connectivity index (χ3v) is 2.72. The minimum atomic E-state index is -0.868. The van der Waals surface area contributed by atoms with Crippen molar-refractivity contribution < 1.29 is 19.4 Å². The highest BCUT2D eigenvalue weighted by molar-refractivity contribution is 5.76. The standard InChI is InChI=1S/C12H15NO4/c13-4-3-9(12(14)15)8-1-2-10-11(7-8)17-6-5-16-10/h1-2,7,9H,3-6,13H2,(H,14,15). The molecule has 17 heavy (non-hydrogen) atoms. The number of rotatable bonds is 4. The van der Waals surface area contributed by atoms with E-state index in [1.165, 1.54) is 0 Å². The number of hydrogen-bond acceptors (Lipinski definition) is 4. The predicted molar refractivity (Wildman–Crippen MR) is 61.5 cm³/mol. The summed E-state index contributed by atoms with van der Waals surface area (Å²) >= 11 is 0. The van der Waals surface area contributed by atoms with Gasteiger partial charge in [-0.3, -0.25) is 4.79 Å². The molecule has 0 bridgehead atoms. The van der Waals surface area contributed by atoms with Crippen LogP contribution < -0.4 is 15.2 Å². The fourth-order valence-corrected chi connectivity index (χ4v) is 1.88. The Morgan fingerprint density at radius 2 is 2.06 bits per heavy atom. The summed E-state index contributed by atoms with van der Waals surface area (Å²) in [7, 11) is 0. The quantitative estimate of drug-likeness (QED) is 0.815. The number of hydrogen-bond donors (Lipinski definition) is 2. The van der Waals surface area contributed by atoms with Crippen molar-refractivity contribution >= 4 is 5.97 Å². The number of nitrogens with two attached hydrogens (primary N) is 1. The maximum absolute atomic E-state index is 11.1. The Labute approximate surface area is 99.1 Å². The molecule has 0 amide bonds. The largest absolute Gasteiger partial charge is 0.486 e. The van der Waals surface area contributed by atoms with Crippen molar-refractivity contribution in [1.82, 2.24) is 0 Å². The van der Waals surface area contributed by atoms with Crippen LogP contribution in [0.5, 0.6) is 11.5 Å². The van der Waals surface area contributed by atoms with Gasteiger partial charge >= 0.3 is 5.97 Å². The van der Waals surface area contributed by atoms with Gasteiger partial charge in [0.25, 0.3) is 0 Å². The number of ether oxygens (including phenoxy) is 2. The van der Waals surface area contributed by atoms with Crippen LogP contribution in [-0.2, 0) is 4.79 Å². The van der Waals surface area contributed by atoms with E-state index in [1.807, 2.05) is 0 Å². The van der Waals surface area contributed by atoms with E-state index in [9.17, 15) is 4.79 Å². The molecule has 1 aliphatic rings. The molecule has 1 aliphatic heterocycles. The van der Waals surface area contributed by atoms with Crippen molar-refractivity contribution in [1.29, 1.82) is 0 Å². The number of carbonyl (C=O) groups is 1. The molecule has 3 N–H and O–H groups in total. The first kappa shape index (κ1) is 11.7. The summed E-state index contributed by atoms with van der Waals surface area (Å²) < 4.78 is 10.8. The van der Waals surface area contributed by atoms with Gasteiger partial charge in [0.1, 0.15) is 13.2 Å². The van der Waals surface area contributed by atoms with Crippen molar-refractivity contribution in [3.63, 3.8) is 0 Å². The Morgan fingerprint density at radius 1 is 1.35 bits per heavy atom. The number of fused-ring (bicyclic) bond motifs is 1. The lowest BCUT2D eigenvalue weighted by molar-refractivity contribution is -0.138. The van der Waals surface area contributed by atoms with Crippen molar-refractivity contribution in [2.75, 3.05) is 19.8 Å². The van der Waals surface area contributed by atoms with Crippen molar-refractivity contribution in [2.24, 2.45) is 5.73 Å². The molecule has 1 heterocycles. The summed E-state index contributed by atoms with van der Waals surface area (Å²) in [6.07, 6.45) is 0.412. The predicted octanol–water partition coefficient (Wildman–Crippen LogP) is 0.975. The normalized spacial score (nSPS) is 15.4. The van der Waals surface area contributed by atoms with Crippen LogP contribution in [0.4, 0.5) is 0 Å². The van der Waals surface area contributed by atoms with Crippen molar-refractivity contribution in [3.05, 3.63) is 23.8 Å². The molecule has 0 saturated carbocycles. The SMILES string of the molecule is NCCC(C(=O)O)c1ccc2c(c1)OCCO2. The van der Waals surface area contributed by atoms with Gasteiger partial charge in [-0.25, -0.2) is 0 Å². The molecule has 1 atom stereocenters. The summed E-state index contributed by atoms with van der Waals surface area (Å²) in [6.45, 7) is 1.36. The first-order valence-electron chi connectivity index (χ1n) is 5.55. The second kappa shape index (κ2) is 5.05. The zero-order chi connectivity index (χ0) is 12.3. The lowest BCUT2D eigenvalue weighted by Gasteiger charge is -2.20. The zero-order valence-electron chi connectivity index (χ0n) is 9.39. The molecule has 0 aliphatic carbocycles. The molecule has 5 heteroatoms. The summed E-state index contributed by atoms with van der Waals surface area (Å²) in [5.41, 5.74) is 6.12. The number of benzene rings is 1. The lowest BCUT2D eigenvalue weighted by Crippen LogP contribution is -2.18. The molecule has 92 valence electrons. The fraction of sp³-hybridized carbons (Fsp3) is 0.417. The molecule has 1 aromatic rings. The first-order valence-corrected chi connectivity index (χ1v) is 5.55. The Morgan fingerprint density at radius 3 is 2.71 bits per heavy atom. The first-order chi connectivity index (χ1) is 8.22. The Bertz CT molecular complexity index is 419. The Balaban J connectivity index is 2.28. The second-order valence-electron chi connectivity index (χ2n) is 3.87. The van der Waals surface area contributed by atoms with Crippen LogP contribution in [0.15, 0.2) is 18.2 Å². The summed E-state index contributed by atoms with van der Waals surface area (Å²) in [6, 6.07) is 5.22. The van der Waals surface area contributed by atoms with E-state index in [0.717, 1.165) is 0 Å². The molecule has 0 spiro atoms. The molecule has 0 radical (unpaired) electrons. The smallest absolute Gasteiger partial charge is 0.311 e. The molecular weight excluding hydrogens is 222 g/mol. The van der Waals surface area contributed by atoms with Crippen LogP contribution >= 0.6 is 0 Å². The van der Waals surface area contributed by atoms with E-state index in [0.29, 0.717) is 43.2 Å². The molecule has 0 fully saturated rings. The van der Waals surface area contributed by atoms with E-state index < -0.39 is 11.9 Å². The fourth-order valence-electron chi connectivity index (χ4n) is 1.88. The summed E-state index contributed by atoms with van der Waals surface area (Å²) in [5.74, 6) is -0.183. The zero-order valence-corrected chi connectivity index (χ0v) is 9.39. The highest BCUT2D eigenvalue weighted by Crippen LogP contribution is 2.33. The van der Waals surface area contributed by atoms with E-state index in [-0.39, 0.29) is 0 Å². The monoisotopic (exact) mass is 237 g/mol. The second-order valence-corrected chi connectivity index (χ2v) is 3.87. The molecule has 2 rings (SSSR count).